The van der Waals surface area contributed by atoms with Gasteiger partial charge in [-0.1, -0.05) is 33.6 Å². The smallest absolute Gasteiger partial charge is 0.158 e. The average molecular weight is 445 g/mol. The number of hydrogen-bond acceptors (Lipinski definition) is 4. The number of aromatic amines is 1. The standard InChI is InChI=1S/C27H36N6/c1-16(2)24-25(21-14-33-27(28-15-29-33)19(5)18(21)4)30-22-10-11-23(31-26(22)24)32(6)13-20-9-7-8-17(3)12-20/h10-11,14-17,20,30H,7-9,12-13H2,1-6H3/t17?,20-/m0/s1. The number of hydrogen-bond donors (Lipinski definition) is 1. The summed E-state index contributed by atoms with van der Waals surface area (Å²) < 4.78 is 1.88. The molecule has 1 aliphatic rings. The van der Waals surface area contributed by atoms with Gasteiger partial charge in [0, 0.05) is 30.9 Å². The van der Waals surface area contributed by atoms with Crippen LogP contribution in [0, 0.1) is 25.7 Å². The normalized spacial score (nSPS) is 19.1. The fraction of sp³-hybridized carbons (Fsp3) is 0.519. The van der Waals surface area contributed by atoms with E-state index < -0.39 is 0 Å². The molecule has 1 saturated carbocycles. The zero-order chi connectivity index (χ0) is 23.3. The molecule has 4 heterocycles. The molecule has 0 amide bonds. The topological polar surface area (TPSA) is 62.1 Å². The third kappa shape index (κ3) is 3.90. The molecule has 0 aromatic carbocycles. The average Bonchev–Trinajstić information content (AvgIpc) is 3.40. The van der Waals surface area contributed by atoms with Crippen molar-refractivity contribution in [3.63, 3.8) is 0 Å². The number of rotatable bonds is 5. The van der Waals surface area contributed by atoms with Crippen molar-refractivity contribution < 1.29 is 0 Å². The van der Waals surface area contributed by atoms with E-state index in [0.717, 1.165) is 52.1 Å². The molecule has 0 spiro atoms. The fourth-order valence-corrected chi connectivity index (χ4v) is 5.72. The van der Waals surface area contributed by atoms with Crippen molar-refractivity contribution in [3.05, 3.63) is 41.3 Å². The van der Waals surface area contributed by atoms with E-state index in [-0.39, 0.29) is 0 Å². The second-order valence-electron chi connectivity index (χ2n) is 10.5. The van der Waals surface area contributed by atoms with E-state index in [1.807, 2.05) is 4.52 Å². The molecule has 0 saturated heterocycles. The third-order valence-corrected chi connectivity index (χ3v) is 7.61. The molecule has 1 aliphatic carbocycles. The maximum Gasteiger partial charge on any atom is 0.158 e. The lowest BCUT2D eigenvalue weighted by Crippen LogP contribution is -2.29. The number of nitrogens with one attached hydrogen (secondary N) is 1. The van der Waals surface area contributed by atoms with Crippen molar-refractivity contribution in [1.29, 1.82) is 0 Å². The summed E-state index contributed by atoms with van der Waals surface area (Å²) in [5.74, 6) is 3.02. The molecule has 0 aliphatic heterocycles. The highest BCUT2D eigenvalue weighted by molar-refractivity contribution is 5.90. The van der Waals surface area contributed by atoms with Gasteiger partial charge >= 0.3 is 0 Å². The molecule has 4 aromatic rings. The Balaban J connectivity index is 1.57. The van der Waals surface area contributed by atoms with Crippen LogP contribution in [0.4, 0.5) is 5.82 Å². The summed E-state index contributed by atoms with van der Waals surface area (Å²) in [6.07, 6.45) is 9.13. The number of aryl methyl sites for hydroxylation is 1. The quantitative estimate of drug-likeness (QED) is 0.394. The van der Waals surface area contributed by atoms with Gasteiger partial charge in [0.05, 0.1) is 16.7 Å². The highest BCUT2D eigenvalue weighted by Crippen LogP contribution is 2.38. The number of aromatic nitrogens is 5. The van der Waals surface area contributed by atoms with E-state index in [0.29, 0.717) is 5.92 Å². The van der Waals surface area contributed by atoms with Crippen LogP contribution in [0.5, 0.6) is 0 Å². The Morgan fingerprint density at radius 2 is 2.00 bits per heavy atom. The van der Waals surface area contributed by atoms with E-state index >= 15 is 0 Å². The van der Waals surface area contributed by atoms with Crippen molar-refractivity contribution in [3.8, 4) is 11.3 Å². The lowest BCUT2D eigenvalue weighted by molar-refractivity contribution is 0.286. The first kappa shape index (κ1) is 21.9. The first-order valence-corrected chi connectivity index (χ1v) is 12.4. The van der Waals surface area contributed by atoms with Crippen molar-refractivity contribution in [2.75, 3.05) is 18.5 Å². The summed E-state index contributed by atoms with van der Waals surface area (Å²) >= 11 is 0. The molecule has 1 N–H and O–H groups in total. The molecular formula is C27H36N6. The Morgan fingerprint density at radius 3 is 2.76 bits per heavy atom. The number of anilines is 1. The number of H-pyrrole nitrogens is 1. The molecular weight excluding hydrogens is 408 g/mol. The highest BCUT2D eigenvalue weighted by atomic mass is 15.3. The first-order valence-electron chi connectivity index (χ1n) is 12.4. The maximum absolute atomic E-state index is 5.19. The van der Waals surface area contributed by atoms with E-state index in [4.69, 9.17) is 4.98 Å². The molecule has 174 valence electrons. The summed E-state index contributed by atoms with van der Waals surface area (Å²) in [7, 11) is 2.20. The third-order valence-electron chi connectivity index (χ3n) is 7.61. The van der Waals surface area contributed by atoms with Crippen LogP contribution in [-0.4, -0.2) is 38.2 Å². The maximum atomic E-state index is 5.19. The van der Waals surface area contributed by atoms with Gasteiger partial charge in [0.25, 0.3) is 0 Å². The molecule has 4 aromatic heterocycles. The molecule has 2 atom stereocenters. The van der Waals surface area contributed by atoms with Crippen molar-refractivity contribution in [2.24, 2.45) is 11.8 Å². The van der Waals surface area contributed by atoms with Gasteiger partial charge in [-0.15, -0.1) is 0 Å². The molecule has 6 nitrogen and oxygen atoms in total. The van der Waals surface area contributed by atoms with Gasteiger partial charge in [-0.2, -0.15) is 5.10 Å². The Labute approximate surface area is 196 Å². The summed E-state index contributed by atoms with van der Waals surface area (Å²) in [4.78, 5) is 15.7. The minimum absolute atomic E-state index is 0.340. The van der Waals surface area contributed by atoms with Crippen LogP contribution in [-0.2, 0) is 0 Å². The Bertz CT molecular complexity index is 1300. The number of pyridine rings is 2. The van der Waals surface area contributed by atoms with Gasteiger partial charge in [-0.05, 0) is 67.7 Å². The van der Waals surface area contributed by atoms with Crippen LogP contribution < -0.4 is 4.90 Å². The predicted molar refractivity (Wildman–Crippen MR) is 136 cm³/mol. The molecule has 1 fully saturated rings. The zero-order valence-corrected chi connectivity index (χ0v) is 20.8. The van der Waals surface area contributed by atoms with Crippen LogP contribution in [0.1, 0.15) is 69.1 Å². The summed E-state index contributed by atoms with van der Waals surface area (Å²) in [6, 6.07) is 4.36. The second-order valence-corrected chi connectivity index (χ2v) is 10.5. The molecule has 6 heteroatoms. The lowest BCUT2D eigenvalue weighted by atomic mass is 9.82. The van der Waals surface area contributed by atoms with E-state index in [9.17, 15) is 0 Å². The minimum Gasteiger partial charge on any atom is -0.359 e. The molecule has 0 radical (unpaired) electrons. The van der Waals surface area contributed by atoms with E-state index in [2.05, 4.69) is 80.0 Å². The molecule has 33 heavy (non-hydrogen) atoms. The van der Waals surface area contributed by atoms with Crippen molar-refractivity contribution >= 4 is 22.5 Å². The molecule has 1 unspecified atom stereocenters. The number of fused-ring (bicyclic) bond motifs is 2. The Kier molecular flexibility index (Phi) is 5.63. The van der Waals surface area contributed by atoms with Crippen LogP contribution in [0.2, 0.25) is 0 Å². The monoisotopic (exact) mass is 444 g/mol. The summed E-state index contributed by atoms with van der Waals surface area (Å²) in [6.45, 7) is 12.3. The second kappa shape index (κ2) is 8.47. The highest BCUT2D eigenvalue weighted by Gasteiger charge is 2.23. The van der Waals surface area contributed by atoms with Crippen LogP contribution in [0.15, 0.2) is 24.7 Å². The first-order chi connectivity index (χ1) is 15.8. The van der Waals surface area contributed by atoms with Gasteiger partial charge in [0.2, 0.25) is 0 Å². The largest absolute Gasteiger partial charge is 0.359 e. The summed E-state index contributed by atoms with van der Waals surface area (Å²) in [5.41, 5.74) is 9.06. The van der Waals surface area contributed by atoms with Crippen molar-refractivity contribution in [1.82, 2.24) is 24.6 Å². The van der Waals surface area contributed by atoms with Gasteiger partial charge in [-0.25, -0.2) is 14.5 Å². The predicted octanol–water partition coefficient (Wildman–Crippen LogP) is 6.28. The lowest BCUT2D eigenvalue weighted by Gasteiger charge is -2.30. The van der Waals surface area contributed by atoms with Crippen LogP contribution >= 0.6 is 0 Å². The van der Waals surface area contributed by atoms with Gasteiger partial charge in [-0.3, -0.25) is 0 Å². The zero-order valence-electron chi connectivity index (χ0n) is 20.8. The Morgan fingerprint density at radius 1 is 1.18 bits per heavy atom. The van der Waals surface area contributed by atoms with Crippen LogP contribution in [0.3, 0.4) is 0 Å². The fourth-order valence-electron chi connectivity index (χ4n) is 5.72. The number of nitrogens with zero attached hydrogens (tertiary/aromatic N) is 5. The van der Waals surface area contributed by atoms with E-state index in [1.165, 1.54) is 42.4 Å². The van der Waals surface area contributed by atoms with Gasteiger partial charge in [0.1, 0.15) is 12.1 Å². The Hall–Kier alpha value is -2.89. The van der Waals surface area contributed by atoms with Gasteiger partial charge < -0.3 is 9.88 Å². The minimum atomic E-state index is 0.340. The van der Waals surface area contributed by atoms with Gasteiger partial charge in [0.15, 0.2) is 5.65 Å². The summed E-state index contributed by atoms with van der Waals surface area (Å²) in [5, 5.41) is 4.40. The SMILES string of the molecule is Cc1c(-c2[nH]c3ccc(N(C)C[C@H]4CCCC(C)C4)nc3c2C(C)C)cn2ncnc2c1C. The van der Waals surface area contributed by atoms with Crippen molar-refractivity contribution in [2.45, 2.75) is 66.2 Å². The van der Waals surface area contributed by atoms with E-state index in [1.54, 1.807) is 6.33 Å². The van der Waals surface area contributed by atoms with Crippen LogP contribution in [0.25, 0.3) is 27.9 Å². The molecule has 0 bridgehead atoms. The molecule has 5 rings (SSSR count).